The van der Waals surface area contributed by atoms with Crippen LogP contribution in [0.1, 0.15) is 19.8 Å². The number of hydrogen-bond donors (Lipinski definition) is 0. The summed E-state index contributed by atoms with van der Waals surface area (Å²) in [5.41, 5.74) is 0.854. The normalized spacial score (nSPS) is 22.3. The molecule has 0 radical (unpaired) electrons. The molecule has 0 saturated carbocycles. The molecule has 1 fully saturated rings. The fourth-order valence-corrected chi connectivity index (χ4v) is 3.79. The Hall–Kier alpha value is -1.64. The fourth-order valence-electron chi connectivity index (χ4n) is 2.88. The highest BCUT2D eigenvalue weighted by Crippen LogP contribution is 2.23. The lowest BCUT2D eigenvalue weighted by Gasteiger charge is -2.26. The first-order chi connectivity index (χ1) is 11.3. The summed E-state index contributed by atoms with van der Waals surface area (Å²) in [6, 6.07) is 4.50. The van der Waals surface area contributed by atoms with E-state index >= 15 is 0 Å². The van der Waals surface area contributed by atoms with Crippen LogP contribution in [0.25, 0.3) is 11.1 Å². The van der Waals surface area contributed by atoms with Crippen LogP contribution in [0.4, 0.5) is 0 Å². The number of aromatic nitrogens is 1. The highest BCUT2D eigenvalue weighted by Gasteiger charge is 2.23. The topological polar surface area (TPSA) is 81.8 Å². The van der Waals surface area contributed by atoms with Crippen molar-refractivity contribution in [2.75, 3.05) is 20.7 Å². The summed E-state index contributed by atoms with van der Waals surface area (Å²) < 4.78 is 38.0. The van der Waals surface area contributed by atoms with Crippen LogP contribution in [-0.2, 0) is 21.3 Å². The number of sulfonamides is 1. The molecule has 0 amide bonds. The summed E-state index contributed by atoms with van der Waals surface area (Å²) in [4.78, 5) is 12.3. The SMILES string of the molecule is CC1CCC(Cn2c(=O)oc3cc(S(=O)(=O)N(C)C)ccc32)OC1. The third-order valence-corrected chi connectivity index (χ3v) is 6.21. The average Bonchev–Trinajstić information content (AvgIpc) is 2.84. The van der Waals surface area contributed by atoms with E-state index in [0.29, 0.717) is 24.6 Å². The van der Waals surface area contributed by atoms with E-state index in [0.717, 1.165) is 17.1 Å². The highest BCUT2D eigenvalue weighted by molar-refractivity contribution is 7.89. The van der Waals surface area contributed by atoms with Crippen LogP contribution >= 0.6 is 0 Å². The molecule has 3 rings (SSSR count). The van der Waals surface area contributed by atoms with Crippen LogP contribution in [0.3, 0.4) is 0 Å². The molecule has 2 heterocycles. The lowest BCUT2D eigenvalue weighted by molar-refractivity contribution is -0.0198. The van der Waals surface area contributed by atoms with Crippen molar-refractivity contribution in [1.29, 1.82) is 0 Å². The standard InChI is InChI=1S/C16H22N2O5S/c1-11-4-5-12(22-10-11)9-18-14-7-6-13(24(20,21)17(2)3)8-15(14)23-16(18)19/h6-8,11-12H,4-5,9-10H2,1-3H3. The van der Waals surface area contributed by atoms with Crippen molar-refractivity contribution in [3.8, 4) is 0 Å². The van der Waals surface area contributed by atoms with E-state index in [-0.39, 0.29) is 16.6 Å². The zero-order valence-electron chi connectivity index (χ0n) is 14.1. The molecule has 7 nitrogen and oxygen atoms in total. The Kier molecular flexibility index (Phi) is 4.54. The number of ether oxygens (including phenoxy) is 1. The van der Waals surface area contributed by atoms with Crippen molar-refractivity contribution in [3.63, 3.8) is 0 Å². The summed E-state index contributed by atoms with van der Waals surface area (Å²) >= 11 is 0. The molecule has 2 aromatic rings. The molecule has 24 heavy (non-hydrogen) atoms. The van der Waals surface area contributed by atoms with Crippen LogP contribution in [0.15, 0.2) is 32.3 Å². The Morgan fingerprint density at radius 3 is 2.67 bits per heavy atom. The first-order valence-corrected chi connectivity index (χ1v) is 9.40. The minimum absolute atomic E-state index is 0.0233. The Morgan fingerprint density at radius 2 is 2.04 bits per heavy atom. The third-order valence-electron chi connectivity index (χ3n) is 4.40. The van der Waals surface area contributed by atoms with E-state index in [4.69, 9.17) is 9.15 Å². The van der Waals surface area contributed by atoms with Crippen molar-refractivity contribution in [3.05, 3.63) is 28.7 Å². The van der Waals surface area contributed by atoms with Crippen molar-refractivity contribution >= 4 is 21.1 Å². The summed E-state index contributed by atoms with van der Waals surface area (Å²) in [5, 5.41) is 0. The predicted octanol–water partition coefficient (Wildman–Crippen LogP) is 1.66. The molecule has 1 aliphatic rings. The van der Waals surface area contributed by atoms with Crippen LogP contribution in [0, 0.1) is 5.92 Å². The van der Waals surface area contributed by atoms with Gasteiger partial charge in [0.25, 0.3) is 0 Å². The summed E-state index contributed by atoms with van der Waals surface area (Å²) in [6.07, 6.45) is 1.94. The zero-order chi connectivity index (χ0) is 17.5. The molecule has 2 unspecified atom stereocenters. The van der Waals surface area contributed by atoms with E-state index < -0.39 is 15.8 Å². The summed E-state index contributed by atoms with van der Waals surface area (Å²) in [7, 11) is -0.647. The maximum Gasteiger partial charge on any atom is 0.420 e. The van der Waals surface area contributed by atoms with Crippen LogP contribution in [0.5, 0.6) is 0 Å². The van der Waals surface area contributed by atoms with E-state index in [1.807, 2.05) is 0 Å². The molecule has 1 aliphatic heterocycles. The molecule has 2 atom stereocenters. The minimum atomic E-state index is -3.57. The Morgan fingerprint density at radius 1 is 1.29 bits per heavy atom. The van der Waals surface area contributed by atoms with Gasteiger partial charge in [-0.05, 0) is 30.9 Å². The van der Waals surface area contributed by atoms with E-state index in [1.165, 1.54) is 30.8 Å². The van der Waals surface area contributed by atoms with Gasteiger partial charge in [-0.15, -0.1) is 0 Å². The van der Waals surface area contributed by atoms with Gasteiger partial charge in [0.05, 0.1) is 23.1 Å². The zero-order valence-corrected chi connectivity index (χ0v) is 14.9. The van der Waals surface area contributed by atoms with Crippen LogP contribution in [-0.4, -0.2) is 44.1 Å². The number of fused-ring (bicyclic) bond motifs is 1. The lowest BCUT2D eigenvalue weighted by atomic mass is 10.0. The molecular formula is C16H22N2O5S. The van der Waals surface area contributed by atoms with Gasteiger partial charge in [0, 0.05) is 26.8 Å². The second kappa shape index (κ2) is 6.34. The molecule has 0 bridgehead atoms. The number of hydrogen-bond acceptors (Lipinski definition) is 5. The van der Waals surface area contributed by atoms with Gasteiger partial charge >= 0.3 is 5.76 Å². The Labute approximate surface area is 140 Å². The van der Waals surface area contributed by atoms with Gasteiger partial charge in [0.1, 0.15) is 0 Å². The van der Waals surface area contributed by atoms with Crippen molar-refractivity contribution < 1.29 is 17.6 Å². The first kappa shape index (κ1) is 17.2. The smallest absolute Gasteiger partial charge is 0.408 e. The monoisotopic (exact) mass is 354 g/mol. The largest absolute Gasteiger partial charge is 0.420 e. The number of rotatable bonds is 4. The quantitative estimate of drug-likeness (QED) is 0.834. The second-order valence-corrected chi connectivity index (χ2v) is 8.69. The third kappa shape index (κ3) is 3.13. The van der Waals surface area contributed by atoms with Gasteiger partial charge < -0.3 is 9.15 Å². The molecule has 1 aromatic carbocycles. The Bertz CT molecular complexity index is 889. The molecular weight excluding hydrogens is 332 g/mol. The molecule has 0 N–H and O–H groups in total. The maximum absolute atomic E-state index is 12.2. The van der Waals surface area contributed by atoms with Crippen molar-refractivity contribution in [2.45, 2.75) is 37.3 Å². The molecule has 0 aliphatic carbocycles. The Balaban J connectivity index is 1.93. The van der Waals surface area contributed by atoms with Gasteiger partial charge in [-0.1, -0.05) is 6.92 Å². The lowest BCUT2D eigenvalue weighted by Crippen LogP contribution is -2.31. The van der Waals surface area contributed by atoms with Crippen molar-refractivity contribution in [1.82, 2.24) is 8.87 Å². The van der Waals surface area contributed by atoms with Crippen LogP contribution < -0.4 is 5.76 Å². The average molecular weight is 354 g/mol. The summed E-state index contributed by atoms with van der Waals surface area (Å²) in [6.45, 7) is 3.25. The van der Waals surface area contributed by atoms with Gasteiger partial charge in [-0.2, -0.15) is 0 Å². The van der Waals surface area contributed by atoms with E-state index in [9.17, 15) is 13.2 Å². The van der Waals surface area contributed by atoms with Crippen molar-refractivity contribution in [2.24, 2.45) is 5.92 Å². The minimum Gasteiger partial charge on any atom is -0.408 e. The second-order valence-electron chi connectivity index (χ2n) is 6.53. The number of benzene rings is 1. The van der Waals surface area contributed by atoms with Gasteiger partial charge in [-0.25, -0.2) is 17.5 Å². The first-order valence-electron chi connectivity index (χ1n) is 7.96. The van der Waals surface area contributed by atoms with Crippen LogP contribution in [0.2, 0.25) is 0 Å². The van der Waals surface area contributed by atoms with Gasteiger partial charge in [0.15, 0.2) is 5.58 Å². The molecule has 1 aromatic heterocycles. The van der Waals surface area contributed by atoms with Gasteiger partial charge in [-0.3, -0.25) is 4.57 Å². The van der Waals surface area contributed by atoms with Gasteiger partial charge in [0.2, 0.25) is 10.0 Å². The number of oxazole rings is 1. The molecule has 1 saturated heterocycles. The maximum atomic E-state index is 12.2. The summed E-state index contributed by atoms with van der Waals surface area (Å²) in [5.74, 6) is 0.0458. The molecule has 0 spiro atoms. The van der Waals surface area contributed by atoms with E-state index in [1.54, 1.807) is 6.07 Å². The highest BCUT2D eigenvalue weighted by atomic mass is 32.2. The van der Waals surface area contributed by atoms with E-state index in [2.05, 4.69) is 6.92 Å². The number of nitrogens with zero attached hydrogens (tertiary/aromatic N) is 2. The predicted molar refractivity (Wildman–Crippen MR) is 89.5 cm³/mol. The fraction of sp³-hybridized carbons (Fsp3) is 0.562. The molecule has 132 valence electrons. The molecule has 8 heteroatoms.